The standard InChI is InChI=1S/C15H18ClN3O3S/c16-15-10-17-14-9-12(5-6-13(14)18-15)23(21,22)19(7-8-20)11-3-1-2-4-11/h5-6,9-11,20H,1-4,7-8H2. The first-order valence-corrected chi connectivity index (χ1v) is 9.39. The van der Waals surface area contributed by atoms with Crippen LogP contribution in [0.3, 0.4) is 0 Å². The summed E-state index contributed by atoms with van der Waals surface area (Å²) in [5.41, 5.74) is 1.02. The van der Waals surface area contributed by atoms with Crippen molar-refractivity contribution in [1.29, 1.82) is 0 Å². The lowest BCUT2D eigenvalue weighted by Crippen LogP contribution is -2.40. The molecule has 6 nitrogen and oxygen atoms in total. The van der Waals surface area contributed by atoms with Gasteiger partial charge in [-0.3, -0.25) is 4.98 Å². The van der Waals surface area contributed by atoms with Crippen LogP contribution < -0.4 is 0 Å². The number of halogens is 1. The fraction of sp³-hybridized carbons (Fsp3) is 0.467. The van der Waals surface area contributed by atoms with Crippen LogP contribution in [0, 0.1) is 0 Å². The summed E-state index contributed by atoms with van der Waals surface area (Å²) in [6.07, 6.45) is 5.10. The lowest BCUT2D eigenvalue weighted by atomic mass is 10.2. The van der Waals surface area contributed by atoms with Gasteiger partial charge < -0.3 is 5.11 Å². The minimum atomic E-state index is -3.68. The van der Waals surface area contributed by atoms with Crippen LogP contribution in [0.2, 0.25) is 5.15 Å². The third kappa shape index (κ3) is 3.33. The number of sulfonamides is 1. The highest BCUT2D eigenvalue weighted by Crippen LogP contribution is 2.29. The zero-order chi connectivity index (χ0) is 16.4. The summed E-state index contributed by atoms with van der Waals surface area (Å²) in [4.78, 5) is 8.41. The lowest BCUT2D eigenvalue weighted by Gasteiger charge is -2.27. The minimum Gasteiger partial charge on any atom is -0.395 e. The van der Waals surface area contributed by atoms with Crippen LogP contribution in [0.25, 0.3) is 11.0 Å². The number of nitrogens with zero attached hydrogens (tertiary/aromatic N) is 3. The summed E-state index contributed by atoms with van der Waals surface area (Å²) in [7, 11) is -3.68. The number of rotatable bonds is 5. The Kier molecular flexibility index (Phi) is 4.82. The van der Waals surface area contributed by atoms with Crippen LogP contribution in [0.4, 0.5) is 0 Å². The maximum absolute atomic E-state index is 13.0. The number of aliphatic hydroxyl groups excluding tert-OH is 1. The Morgan fingerprint density at radius 3 is 2.70 bits per heavy atom. The van der Waals surface area contributed by atoms with E-state index in [2.05, 4.69) is 9.97 Å². The van der Waals surface area contributed by atoms with Crippen LogP contribution in [0.1, 0.15) is 25.7 Å². The first kappa shape index (κ1) is 16.6. The summed E-state index contributed by atoms with van der Waals surface area (Å²) in [6, 6.07) is 4.58. The smallest absolute Gasteiger partial charge is 0.243 e. The van der Waals surface area contributed by atoms with Crippen molar-refractivity contribution in [1.82, 2.24) is 14.3 Å². The van der Waals surface area contributed by atoms with Gasteiger partial charge >= 0.3 is 0 Å². The van der Waals surface area contributed by atoms with Crippen molar-refractivity contribution in [3.8, 4) is 0 Å². The summed E-state index contributed by atoms with van der Waals surface area (Å²) in [5.74, 6) is 0. The molecule has 0 aliphatic heterocycles. The van der Waals surface area contributed by atoms with Crippen LogP contribution in [-0.2, 0) is 10.0 Å². The van der Waals surface area contributed by atoms with Crippen molar-refractivity contribution < 1.29 is 13.5 Å². The Bertz CT molecular complexity index is 807. The van der Waals surface area contributed by atoms with E-state index in [9.17, 15) is 13.5 Å². The quantitative estimate of drug-likeness (QED) is 0.889. The molecule has 1 saturated carbocycles. The van der Waals surface area contributed by atoms with E-state index in [1.807, 2.05) is 0 Å². The molecule has 0 unspecified atom stereocenters. The number of fused-ring (bicyclic) bond motifs is 1. The Morgan fingerprint density at radius 1 is 1.26 bits per heavy atom. The zero-order valence-electron chi connectivity index (χ0n) is 12.5. The summed E-state index contributed by atoms with van der Waals surface area (Å²) in [5, 5.41) is 9.53. The van der Waals surface area contributed by atoms with Gasteiger partial charge in [0.2, 0.25) is 10.0 Å². The van der Waals surface area contributed by atoms with E-state index in [0.29, 0.717) is 11.0 Å². The van der Waals surface area contributed by atoms with E-state index in [0.717, 1.165) is 25.7 Å². The average Bonchev–Trinajstić information content (AvgIpc) is 3.05. The monoisotopic (exact) mass is 355 g/mol. The molecular weight excluding hydrogens is 338 g/mol. The van der Waals surface area contributed by atoms with Gasteiger partial charge in [0, 0.05) is 12.6 Å². The van der Waals surface area contributed by atoms with Crippen molar-refractivity contribution in [2.75, 3.05) is 13.2 Å². The van der Waals surface area contributed by atoms with E-state index < -0.39 is 10.0 Å². The number of hydrogen-bond acceptors (Lipinski definition) is 5. The third-order valence-electron chi connectivity index (χ3n) is 4.14. The van der Waals surface area contributed by atoms with Gasteiger partial charge in [0.05, 0.1) is 28.7 Å². The van der Waals surface area contributed by atoms with Crippen LogP contribution >= 0.6 is 11.6 Å². The molecule has 124 valence electrons. The van der Waals surface area contributed by atoms with Crippen LogP contribution in [-0.4, -0.2) is 47.0 Å². The fourth-order valence-corrected chi connectivity index (χ4v) is 4.89. The predicted octanol–water partition coefficient (Wildman–Crippen LogP) is 2.21. The van der Waals surface area contributed by atoms with E-state index in [1.54, 1.807) is 6.07 Å². The van der Waals surface area contributed by atoms with E-state index in [4.69, 9.17) is 11.6 Å². The molecule has 3 rings (SSSR count). The Balaban J connectivity index is 2.01. The largest absolute Gasteiger partial charge is 0.395 e. The average molecular weight is 356 g/mol. The maximum Gasteiger partial charge on any atom is 0.243 e. The Hall–Kier alpha value is -1.28. The second-order valence-electron chi connectivity index (χ2n) is 5.62. The first-order valence-electron chi connectivity index (χ1n) is 7.57. The van der Waals surface area contributed by atoms with Crippen molar-refractivity contribution in [2.24, 2.45) is 0 Å². The molecule has 2 aromatic rings. The van der Waals surface area contributed by atoms with Crippen LogP contribution in [0.5, 0.6) is 0 Å². The molecule has 1 N–H and O–H groups in total. The second kappa shape index (κ2) is 6.68. The number of aliphatic hydroxyl groups is 1. The molecule has 0 atom stereocenters. The summed E-state index contributed by atoms with van der Waals surface area (Å²) in [6.45, 7) is -0.0872. The highest BCUT2D eigenvalue weighted by molar-refractivity contribution is 7.89. The zero-order valence-corrected chi connectivity index (χ0v) is 14.1. The highest BCUT2D eigenvalue weighted by Gasteiger charge is 2.33. The van der Waals surface area contributed by atoms with E-state index in [1.165, 1.54) is 22.6 Å². The van der Waals surface area contributed by atoms with E-state index >= 15 is 0 Å². The van der Waals surface area contributed by atoms with Gasteiger partial charge in [-0.25, -0.2) is 13.4 Å². The van der Waals surface area contributed by atoms with Crippen molar-refractivity contribution in [2.45, 2.75) is 36.6 Å². The first-order chi connectivity index (χ1) is 11.0. The van der Waals surface area contributed by atoms with Gasteiger partial charge in [-0.2, -0.15) is 4.31 Å². The molecule has 0 spiro atoms. The topological polar surface area (TPSA) is 83.4 Å². The normalized spacial score (nSPS) is 16.5. The minimum absolute atomic E-state index is 0.0425. The van der Waals surface area contributed by atoms with E-state index in [-0.39, 0.29) is 29.2 Å². The Morgan fingerprint density at radius 2 is 2.00 bits per heavy atom. The molecule has 0 radical (unpaired) electrons. The number of aromatic nitrogens is 2. The van der Waals surface area contributed by atoms with Crippen molar-refractivity contribution in [3.63, 3.8) is 0 Å². The molecule has 1 aromatic heterocycles. The third-order valence-corrected chi connectivity index (χ3v) is 6.27. The van der Waals surface area contributed by atoms with Gasteiger partial charge in [-0.05, 0) is 31.0 Å². The van der Waals surface area contributed by atoms with Crippen LogP contribution in [0.15, 0.2) is 29.3 Å². The van der Waals surface area contributed by atoms with Gasteiger partial charge in [0.15, 0.2) is 0 Å². The maximum atomic E-state index is 13.0. The number of hydrogen-bond donors (Lipinski definition) is 1. The molecule has 1 heterocycles. The molecular formula is C15H18ClN3O3S. The molecule has 1 aliphatic carbocycles. The molecule has 1 fully saturated rings. The van der Waals surface area contributed by atoms with Crippen molar-refractivity contribution in [3.05, 3.63) is 29.5 Å². The van der Waals surface area contributed by atoms with Gasteiger partial charge in [0.25, 0.3) is 0 Å². The van der Waals surface area contributed by atoms with Gasteiger partial charge in [0.1, 0.15) is 5.15 Å². The predicted molar refractivity (Wildman–Crippen MR) is 87.8 cm³/mol. The Labute approximate surface area is 140 Å². The highest BCUT2D eigenvalue weighted by atomic mass is 35.5. The number of benzene rings is 1. The molecule has 23 heavy (non-hydrogen) atoms. The van der Waals surface area contributed by atoms with Crippen molar-refractivity contribution >= 4 is 32.7 Å². The fourth-order valence-electron chi connectivity index (χ4n) is 3.05. The lowest BCUT2D eigenvalue weighted by molar-refractivity contribution is 0.226. The SMILES string of the molecule is O=S(=O)(c1ccc2nc(Cl)cnc2c1)N(CCO)C1CCCC1. The summed E-state index contributed by atoms with van der Waals surface area (Å²) < 4.78 is 27.3. The summed E-state index contributed by atoms with van der Waals surface area (Å²) >= 11 is 5.80. The second-order valence-corrected chi connectivity index (χ2v) is 7.90. The molecule has 1 aliphatic rings. The molecule has 0 saturated heterocycles. The van der Waals surface area contributed by atoms with Gasteiger partial charge in [-0.15, -0.1) is 0 Å². The molecule has 0 amide bonds. The molecule has 0 bridgehead atoms. The molecule has 8 heteroatoms. The molecule has 1 aromatic carbocycles. The van der Waals surface area contributed by atoms with Gasteiger partial charge in [-0.1, -0.05) is 24.4 Å².